The largest absolute Gasteiger partial charge is 0.391 e. The molecular weight excluding hydrogens is 168 g/mol. The smallest absolute Gasteiger partial charge is 0.317 e. The van der Waals surface area contributed by atoms with Gasteiger partial charge in [-0.2, -0.15) is 0 Å². The van der Waals surface area contributed by atoms with Crippen molar-refractivity contribution in [3.05, 3.63) is 0 Å². The van der Waals surface area contributed by atoms with Crippen LogP contribution in [0.2, 0.25) is 0 Å². The first-order valence-corrected chi connectivity index (χ1v) is 4.95. The third-order valence-corrected chi connectivity index (χ3v) is 2.21. The Morgan fingerprint density at radius 2 is 2.46 bits per heavy atom. The first kappa shape index (κ1) is 10.3. The Bertz CT molecular complexity index is 173. The van der Waals surface area contributed by atoms with E-state index in [2.05, 4.69) is 5.32 Å². The molecule has 4 heteroatoms. The lowest BCUT2D eigenvalue weighted by Crippen LogP contribution is -2.47. The van der Waals surface area contributed by atoms with Crippen LogP contribution in [0.25, 0.3) is 0 Å². The van der Waals surface area contributed by atoms with E-state index in [0.717, 1.165) is 25.8 Å². The van der Waals surface area contributed by atoms with Crippen molar-refractivity contribution >= 4 is 6.03 Å². The molecule has 0 radical (unpaired) electrons. The predicted molar refractivity (Wildman–Crippen MR) is 50.5 cm³/mol. The molecule has 1 heterocycles. The number of likely N-dealkylation sites (tertiary alicyclic amines) is 1. The molecule has 1 fully saturated rings. The zero-order chi connectivity index (χ0) is 9.68. The van der Waals surface area contributed by atoms with Crippen molar-refractivity contribution < 1.29 is 9.90 Å². The lowest BCUT2D eigenvalue weighted by atomic mass is 10.1. The first-order valence-electron chi connectivity index (χ1n) is 4.95. The topological polar surface area (TPSA) is 52.6 Å². The molecule has 1 aliphatic heterocycles. The Morgan fingerprint density at radius 1 is 1.69 bits per heavy atom. The van der Waals surface area contributed by atoms with Crippen LogP contribution in [-0.2, 0) is 0 Å². The number of nitrogens with zero attached hydrogens (tertiary/aromatic N) is 1. The van der Waals surface area contributed by atoms with E-state index in [1.165, 1.54) is 0 Å². The number of carbonyl (C=O) groups is 1. The zero-order valence-corrected chi connectivity index (χ0v) is 8.12. The number of aliphatic hydroxyl groups excluding tert-OH is 1. The normalized spacial score (nSPS) is 22.9. The minimum atomic E-state index is -0.332. The summed E-state index contributed by atoms with van der Waals surface area (Å²) in [7, 11) is 0. The lowest BCUT2D eigenvalue weighted by molar-refractivity contribution is 0.0843. The number of amides is 2. The van der Waals surface area contributed by atoms with Gasteiger partial charge in [0.2, 0.25) is 0 Å². The summed E-state index contributed by atoms with van der Waals surface area (Å²) in [5, 5.41) is 12.1. The highest BCUT2D eigenvalue weighted by molar-refractivity contribution is 5.74. The predicted octanol–water partition coefficient (Wildman–Crippen LogP) is 0.563. The van der Waals surface area contributed by atoms with Gasteiger partial charge in [0.1, 0.15) is 0 Å². The Labute approximate surface area is 78.9 Å². The number of hydrogen-bond acceptors (Lipinski definition) is 2. The highest BCUT2D eigenvalue weighted by atomic mass is 16.3. The molecule has 0 aromatic carbocycles. The second-order valence-electron chi connectivity index (χ2n) is 3.47. The maximum atomic E-state index is 11.4. The molecule has 0 unspecified atom stereocenters. The van der Waals surface area contributed by atoms with Crippen molar-refractivity contribution in [2.24, 2.45) is 0 Å². The average Bonchev–Trinajstić information content (AvgIpc) is 2.14. The number of hydrogen-bond donors (Lipinski definition) is 2. The molecule has 0 aromatic heterocycles. The Hall–Kier alpha value is -0.770. The van der Waals surface area contributed by atoms with Gasteiger partial charge >= 0.3 is 6.03 Å². The van der Waals surface area contributed by atoms with Crippen LogP contribution in [0.15, 0.2) is 0 Å². The maximum Gasteiger partial charge on any atom is 0.317 e. The molecular formula is C9H18N2O2. The van der Waals surface area contributed by atoms with E-state index in [9.17, 15) is 9.90 Å². The molecule has 2 amide bonds. The number of β-amino-alcohol motifs (C(OH)–C–C–N with tert-alkyl or cyclic N) is 1. The maximum absolute atomic E-state index is 11.4. The fourth-order valence-corrected chi connectivity index (χ4v) is 1.48. The summed E-state index contributed by atoms with van der Waals surface area (Å²) in [5.41, 5.74) is 0. The van der Waals surface area contributed by atoms with Gasteiger partial charge in [0.15, 0.2) is 0 Å². The van der Waals surface area contributed by atoms with Crippen LogP contribution >= 0.6 is 0 Å². The van der Waals surface area contributed by atoms with E-state index >= 15 is 0 Å². The van der Waals surface area contributed by atoms with Crippen molar-refractivity contribution in [3.63, 3.8) is 0 Å². The summed E-state index contributed by atoms with van der Waals surface area (Å²) in [6.07, 6.45) is 2.33. The average molecular weight is 186 g/mol. The molecule has 1 atom stereocenters. The Balaban J connectivity index is 2.28. The van der Waals surface area contributed by atoms with Gasteiger partial charge in [-0.15, -0.1) is 0 Å². The molecule has 2 N–H and O–H groups in total. The molecule has 1 aliphatic rings. The second-order valence-corrected chi connectivity index (χ2v) is 3.47. The molecule has 0 aliphatic carbocycles. The van der Waals surface area contributed by atoms with E-state index in [1.807, 2.05) is 6.92 Å². The molecule has 0 saturated carbocycles. The van der Waals surface area contributed by atoms with Crippen LogP contribution in [0.5, 0.6) is 0 Å². The molecule has 76 valence electrons. The van der Waals surface area contributed by atoms with Crippen LogP contribution in [-0.4, -0.2) is 41.8 Å². The molecule has 1 saturated heterocycles. The van der Waals surface area contributed by atoms with Crippen LogP contribution in [0, 0.1) is 0 Å². The number of aliphatic hydroxyl groups is 1. The Morgan fingerprint density at radius 3 is 3.08 bits per heavy atom. The zero-order valence-electron chi connectivity index (χ0n) is 8.12. The molecule has 4 nitrogen and oxygen atoms in total. The molecule has 0 spiro atoms. The van der Waals surface area contributed by atoms with Gasteiger partial charge in [0.25, 0.3) is 0 Å². The van der Waals surface area contributed by atoms with Crippen LogP contribution in [0.3, 0.4) is 0 Å². The van der Waals surface area contributed by atoms with E-state index < -0.39 is 0 Å². The Kier molecular flexibility index (Phi) is 4.02. The number of urea groups is 1. The van der Waals surface area contributed by atoms with E-state index in [-0.39, 0.29) is 12.1 Å². The molecule has 0 aromatic rings. The van der Waals surface area contributed by atoms with Crippen LogP contribution in [0.1, 0.15) is 26.2 Å². The highest BCUT2D eigenvalue weighted by Gasteiger charge is 2.21. The lowest BCUT2D eigenvalue weighted by Gasteiger charge is -2.30. The van der Waals surface area contributed by atoms with Crippen molar-refractivity contribution in [2.45, 2.75) is 32.3 Å². The van der Waals surface area contributed by atoms with Gasteiger partial charge in [-0.05, 0) is 19.3 Å². The van der Waals surface area contributed by atoms with E-state index in [4.69, 9.17) is 0 Å². The number of piperidine rings is 1. The van der Waals surface area contributed by atoms with E-state index in [1.54, 1.807) is 4.90 Å². The summed E-state index contributed by atoms with van der Waals surface area (Å²) in [4.78, 5) is 13.1. The quantitative estimate of drug-likeness (QED) is 0.662. The van der Waals surface area contributed by atoms with Crippen LogP contribution < -0.4 is 5.32 Å². The fraction of sp³-hybridized carbons (Fsp3) is 0.889. The molecule has 0 bridgehead atoms. The third-order valence-electron chi connectivity index (χ3n) is 2.21. The minimum Gasteiger partial charge on any atom is -0.391 e. The summed E-state index contributed by atoms with van der Waals surface area (Å²) in [6, 6.07) is -0.0411. The monoisotopic (exact) mass is 186 g/mol. The van der Waals surface area contributed by atoms with E-state index in [0.29, 0.717) is 13.1 Å². The second kappa shape index (κ2) is 5.07. The van der Waals surface area contributed by atoms with Crippen LogP contribution in [0.4, 0.5) is 4.79 Å². The van der Waals surface area contributed by atoms with Gasteiger partial charge < -0.3 is 15.3 Å². The summed E-state index contributed by atoms with van der Waals surface area (Å²) in [6.45, 7) is 3.99. The first-order chi connectivity index (χ1) is 6.24. The number of nitrogens with one attached hydrogen (secondary N) is 1. The summed E-state index contributed by atoms with van der Waals surface area (Å²) >= 11 is 0. The number of carbonyl (C=O) groups excluding carboxylic acids is 1. The minimum absolute atomic E-state index is 0.0411. The van der Waals surface area contributed by atoms with Gasteiger partial charge in [-0.1, -0.05) is 6.92 Å². The van der Waals surface area contributed by atoms with Gasteiger partial charge in [0, 0.05) is 19.6 Å². The van der Waals surface area contributed by atoms with Crippen molar-refractivity contribution in [3.8, 4) is 0 Å². The van der Waals surface area contributed by atoms with Crippen molar-refractivity contribution in [1.29, 1.82) is 0 Å². The molecule has 13 heavy (non-hydrogen) atoms. The number of rotatable bonds is 2. The summed E-state index contributed by atoms with van der Waals surface area (Å²) in [5.74, 6) is 0. The van der Waals surface area contributed by atoms with Crippen molar-refractivity contribution in [1.82, 2.24) is 10.2 Å². The fourth-order valence-electron chi connectivity index (χ4n) is 1.48. The third kappa shape index (κ3) is 3.22. The summed E-state index contributed by atoms with van der Waals surface area (Å²) < 4.78 is 0. The highest BCUT2D eigenvalue weighted by Crippen LogP contribution is 2.09. The standard InChI is InChI=1S/C9H18N2O2/c1-2-5-10-9(13)11-6-3-4-8(12)7-11/h8,12H,2-7H2,1H3,(H,10,13)/t8-/m0/s1. The van der Waals surface area contributed by atoms with Gasteiger partial charge in [0.05, 0.1) is 6.10 Å². The van der Waals surface area contributed by atoms with Gasteiger partial charge in [-0.25, -0.2) is 4.79 Å². The van der Waals surface area contributed by atoms with Crippen molar-refractivity contribution in [2.75, 3.05) is 19.6 Å². The molecule has 1 rings (SSSR count). The SMILES string of the molecule is CCCNC(=O)N1CCC[C@H](O)C1. The van der Waals surface area contributed by atoms with Gasteiger partial charge in [-0.3, -0.25) is 0 Å².